The first-order chi connectivity index (χ1) is 10.5. The van der Waals surface area contributed by atoms with Crippen LogP contribution in [-0.2, 0) is 6.18 Å². The van der Waals surface area contributed by atoms with Crippen molar-refractivity contribution in [1.29, 1.82) is 5.26 Å². The van der Waals surface area contributed by atoms with Gasteiger partial charge in [-0.3, -0.25) is 0 Å². The number of aromatic nitrogens is 3. The van der Waals surface area contributed by atoms with E-state index in [1.807, 2.05) is 11.0 Å². The van der Waals surface area contributed by atoms with E-state index in [0.29, 0.717) is 5.82 Å². The lowest BCUT2D eigenvalue weighted by molar-refractivity contribution is -0.137. The van der Waals surface area contributed by atoms with Crippen molar-refractivity contribution in [3.63, 3.8) is 0 Å². The molecule has 0 spiro atoms. The first kappa shape index (κ1) is 14.4. The highest BCUT2D eigenvalue weighted by atomic mass is 19.4. The van der Waals surface area contributed by atoms with E-state index < -0.39 is 11.7 Å². The third-order valence-corrected chi connectivity index (χ3v) is 3.53. The Morgan fingerprint density at radius 1 is 1.09 bits per heavy atom. The van der Waals surface area contributed by atoms with E-state index in [2.05, 4.69) is 10.2 Å². The van der Waals surface area contributed by atoms with Gasteiger partial charge in [0.2, 0.25) is 5.69 Å². The van der Waals surface area contributed by atoms with Gasteiger partial charge in [0.1, 0.15) is 6.07 Å². The molecular formula is C14H12F3N5. The van der Waals surface area contributed by atoms with E-state index in [1.165, 1.54) is 18.2 Å². The third-order valence-electron chi connectivity index (χ3n) is 3.53. The zero-order valence-electron chi connectivity index (χ0n) is 11.5. The summed E-state index contributed by atoms with van der Waals surface area (Å²) in [5.74, 6) is 0.344. The molecule has 22 heavy (non-hydrogen) atoms. The molecule has 0 unspecified atom stereocenters. The fourth-order valence-corrected chi connectivity index (χ4v) is 2.51. The highest BCUT2D eigenvalue weighted by Crippen LogP contribution is 2.33. The molecule has 0 saturated carbocycles. The first-order valence-electron chi connectivity index (χ1n) is 6.79. The summed E-state index contributed by atoms with van der Waals surface area (Å²) in [4.78, 5) is 2.77. The molecule has 1 aromatic carbocycles. The number of para-hydroxylation sites is 1. The number of hydrogen-bond donors (Lipinski definition) is 0. The van der Waals surface area contributed by atoms with Crippen LogP contribution < -0.4 is 4.90 Å². The summed E-state index contributed by atoms with van der Waals surface area (Å²) in [6.45, 7) is 1.46. The number of nitrogens with zero attached hydrogens (tertiary/aromatic N) is 5. The molecule has 0 amide bonds. The lowest BCUT2D eigenvalue weighted by Gasteiger charge is -2.13. The van der Waals surface area contributed by atoms with Crippen molar-refractivity contribution in [3.05, 3.63) is 35.5 Å². The minimum Gasteiger partial charge on any atom is -0.353 e. The molecule has 1 saturated heterocycles. The Labute approximate surface area is 124 Å². The number of alkyl halides is 3. The summed E-state index contributed by atoms with van der Waals surface area (Å²) < 4.78 is 39.2. The van der Waals surface area contributed by atoms with Gasteiger partial charge in [-0.2, -0.15) is 18.4 Å². The molecule has 114 valence electrons. The van der Waals surface area contributed by atoms with Crippen LogP contribution in [-0.4, -0.2) is 28.1 Å². The van der Waals surface area contributed by atoms with Gasteiger partial charge in [0.05, 0.1) is 11.3 Å². The maximum Gasteiger partial charge on any atom is 0.418 e. The molecule has 8 heteroatoms. The van der Waals surface area contributed by atoms with E-state index >= 15 is 0 Å². The van der Waals surface area contributed by atoms with Gasteiger partial charge in [-0.15, -0.1) is 15.0 Å². The Balaban J connectivity index is 2.09. The van der Waals surface area contributed by atoms with Crippen molar-refractivity contribution in [2.75, 3.05) is 18.0 Å². The molecule has 0 radical (unpaired) electrons. The summed E-state index contributed by atoms with van der Waals surface area (Å²) >= 11 is 0. The average Bonchev–Trinajstić information content (AvgIpc) is 3.15. The van der Waals surface area contributed by atoms with Crippen LogP contribution in [0, 0.1) is 11.3 Å². The van der Waals surface area contributed by atoms with E-state index in [-0.39, 0.29) is 11.4 Å². The van der Waals surface area contributed by atoms with Gasteiger partial charge < -0.3 is 4.90 Å². The second-order valence-corrected chi connectivity index (χ2v) is 4.98. The summed E-state index contributed by atoms with van der Waals surface area (Å²) in [6.07, 6.45) is -2.57. The van der Waals surface area contributed by atoms with Gasteiger partial charge in [-0.25, -0.2) is 0 Å². The van der Waals surface area contributed by atoms with Gasteiger partial charge in [-0.05, 0) is 25.0 Å². The SMILES string of the molecule is N#Cc1nn(-c2ccccc2C(F)(F)F)nc1N1CCCC1. The molecule has 1 aromatic heterocycles. The number of benzene rings is 1. The smallest absolute Gasteiger partial charge is 0.353 e. The molecule has 0 bridgehead atoms. The number of rotatable bonds is 2. The maximum atomic E-state index is 13.1. The van der Waals surface area contributed by atoms with Crippen LogP contribution in [0.15, 0.2) is 24.3 Å². The predicted octanol–water partition coefficient (Wildman–Crippen LogP) is 2.76. The van der Waals surface area contributed by atoms with Gasteiger partial charge in [0.15, 0.2) is 5.82 Å². The molecule has 0 aliphatic carbocycles. The molecule has 5 nitrogen and oxygen atoms in total. The number of nitriles is 1. The van der Waals surface area contributed by atoms with E-state index in [0.717, 1.165) is 36.8 Å². The topological polar surface area (TPSA) is 57.7 Å². The lowest BCUT2D eigenvalue weighted by Crippen LogP contribution is -2.19. The Morgan fingerprint density at radius 2 is 1.77 bits per heavy atom. The average molecular weight is 307 g/mol. The van der Waals surface area contributed by atoms with Crippen LogP contribution in [0.1, 0.15) is 24.1 Å². The molecular weight excluding hydrogens is 295 g/mol. The summed E-state index contributed by atoms with van der Waals surface area (Å²) in [5, 5.41) is 17.2. The van der Waals surface area contributed by atoms with Crippen molar-refractivity contribution in [2.24, 2.45) is 0 Å². The number of hydrogen-bond acceptors (Lipinski definition) is 4. The van der Waals surface area contributed by atoms with Crippen molar-refractivity contribution >= 4 is 5.82 Å². The molecule has 0 atom stereocenters. The normalized spacial score (nSPS) is 15.1. The summed E-state index contributed by atoms with van der Waals surface area (Å²) in [6, 6.07) is 6.95. The van der Waals surface area contributed by atoms with Crippen LogP contribution in [0.2, 0.25) is 0 Å². The molecule has 1 fully saturated rings. The van der Waals surface area contributed by atoms with Crippen LogP contribution >= 0.6 is 0 Å². The molecule has 2 heterocycles. The van der Waals surface area contributed by atoms with E-state index in [9.17, 15) is 13.2 Å². The quantitative estimate of drug-likeness (QED) is 0.856. The maximum absolute atomic E-state index is 13.1. The van der Waals surface area contributed by atoms with E-state index in [1.54, 1.807) is 0 Å². The van der Waals surface area contributed by atoms with Crippen LogP contribution in [0.25, 0.3) is 5.69 Å². The minimum absolute atomic E-state index is 0.0406. The second-order valence-electron chi connectivity index (χ2n) is 4.98. The molecule has 2 aromatic rings. The van der Waals surface area contributed by atoms with Crippen LogP contribution in [0.5, 0.6) is 0 Å². The van der Waals surface area contributed by atoms with Gasteiger partial charge in [-0.1, -0.05) is 12.1 Å². The van der Waals surface area contributed by atoms with E-state index in [4.69, 9.17) is 5.26 Å². The van der Waals surface area contributed by atoms with Gasteiger partial charge in [0.25, 0.3) is 0 Å². The Bertz CT molecular complexity index is 723. The zero-order chi connectivity index (χ0) is 15.7. The highest BCUT2D eigenvalue weighted by molar-refractivity contribution is 5.51. The van der Waals surface area contributed by atoms with Gasteiger partial charge >= 0.3 is 6.18 Å². The third kappa shape index (κ3) is 2.50. The monoisotopic (exact) mass is 307 g/mol. The Morgan fingerprint density at radius 3 is 2.41 bits per heavy atom. The fraction of sp³-hybridized carbons (Fsp3) is 0.357. The molecule has 0 N–H and O–H groups in total. The Hall–Kier alpha value is -2.56. The number of halogens is 3. The molecule has 1 aliphatic heterocycles. The van der Waals surface area contributed by atoms with Crippen LogP contribution in [0.4, 0.5) is 19.0 Å². The lowest BCUT2D eigenvalue weighted by atomic mass is 10.2. The first-order valence-corrected chi connectivity index (χ1v) is 6.79. The fourth-order valence-electron chi connectivity index (χ4n) is 2.51. The molecule has 3 rings (SSSR count). The standard InChI is InChI=1S/C14H12F3N5/c15-14(16,17)10-5-1-2-6-12(10)22-19-11(9-18)13(20-22)21-7-3-4-8-21/h1-2,5-6H,3-4,7-8H2. The van der Waals surface area contributed by atoms with Gasteiger partial charge in [0, 0.05) is 13.1 Å². The van der Waals surface area contributed by atoms with Crippen molar-refractivity contribution in [2.45, 2.75) is 19.0 Å². The minimum atomic E-state index is -4.51. The van der Waals surface area contributed by atoms with Crippen molar-refractivity contribution in [3.8, 4) is 11.8 Å². The Kier molecular flexibility index (Phi) is 3.48. The highest BCUT2D eigenvalue weighted by Gasteiger charge is 2.34. The van der Waals surface area contributed by atoms with Crippen LogP contribution in [0.3, 0.4) is 0 Å². The summed E-state index contributed by atoms with van der Waals surface area (Å²) in [5.41, 5.74) is -0.974. The second kappa shape index (κ2) is 5.33. The van der Waals surface area contributed by atoms with Crippen molar-refractivity contribution < 1.29 is 13.2 Å². The largest absolute Gasteiger partial charge is 0.418 e. The zero-order valence-corrected chi connectivity index (χ0v) is 11.5. The predicted molar refractivity (Wildman–Crippen MR) is 72.5 cm³/mol. The van der Waals surface area contributed by atoms with Crippen molar-refractivity contribution in [1.82, 2.24) is 15.0 Å². The number of anilines is 1. The molecule has 1 aliphatic rings. The summed E-state index contributed by atoms with van der Waals surface area (Å²) in [7, 11) is 0.